The third-order valence-electron chi connectivity index (χ3n) is 2.89. The highest BCUT2D eigenvalue weighted by Gasteiger charge is 2.47. The lowest BCUT2D eigenvalue weighted by Crippen LogP contribution is -2.52. The molecule has 0 saturated carbocycles. The SMILES string of the molecule is NC1=NC(=O)N([C@@H]2O[C@H](CO)[C@@H](O)[C@H]2O)CC1=S. The number of aliphatic hydroxyl groups excluding tert-OH is 3. The molecule has 4 atom stereocenters. The number of nitrogens with two attached hydrogens (primary N) is 1. The Balaban J connectivity index is 2.18. The van der Waals surface area contributed by atoms with Crippen molar-refractivity contribution in [3.05, 3.63) is 0 Å². The van der Waals surface area contributed by atoms with E-state index in [1.165, 1.54) is 0 Å². The fourth-order valence-electron chi connectivity index (χ4n) is 1.87. The lowest BCUT2D eigenvalue weighted by molar-refractivity contribution is -0.0736. The molecule has 2 aliphatic heterocycles. The molecule has 0 aromatic carbocycles. The predicted molar refractivity (Wildman–Crippen MR) is 64.1 cm³/mol. The van der Waals surface area contributed by atoms with Crippen molar-refractivity contribution >= 4 is 28.9 Å². The standard InChI is InChI=1S/C9H13N3O5S/c10-7-4(18)1-12(9(16)11-7)8-6(15)5(14)3(2-13)17-8/h3,5-6,8,13-15H,1-2H2,(H2,10,11,16)/t3-,5-,6-,8-/m1/s1. The van der Waals surface area contributed by atoms with E-state index in [0.29, 0.717) is 0 Å². The first kappa shape index (κ1) is 13.3. The quantitative estimate of drug-likeness (QED) is 0.413. The summed E-state index contributed by atoms with van der Waals surface area (Å²) < 4.78 is 5.21. The van der Waals surface area contributed by atoms with Crippen LogP contribution in [0.2, 0.25) is 0 Å². The first-order valence-corrected chi connectivity index (χ1v) is 5.67. The Hall–Kier alpha value is -1.13. The molecule has 2 rings (SSSR count). The molecule has 0 radical (unpaired) electrons. The van der Waals surface area contributed by atoms with Crippen molar-refractivity contribution in [1.82, 2.24) is 4.90 Å². The van der Waals surface area contributed by atoms with Crippen LogP contribution in [-0.2, 0) is 4.74 Å². The Morgan fingerprint density at radius 1 is 1.50 bits per heavy atom. The molecule has 8 nitrogen and oxygen atoms in total. The van der Waals surface area contributed by atoms with E-state index < -0.39 is 37.2 Å². The van der Waals surface area contributed by atoms with Crippen molar-refractivity contribution in [1.29, 1.82) is 0 Å². The summed E-state index contributed by atoms with van der Waals surface area (Å²) in [6.45, 7) is -0.483. The minimum absolute atomic E-state index is 0.0178. The molecule has 0 aliphatic carbocycles. The molecule has 1 saturated heterocycles. The first-order valence-electron chi connectivity index (χ1n) is 5.26. The van der Waals surface area contributed by atoms with Gasteiger partial charge in [0.05, 0.1) is 18.0 Å². The number of amidine groups is 1. The molecule has 100 valence electrons. The van der Waals surface area contributed by atoms with Crippen LogP contribution < -0.4 is 5.73 Å². The van der Waals surface area contributed by atoms with Gasteiger partial charge in [-0.3, -0.25) is 4.90 Å². The van der Waals surface area contributed by atoms with Gasteiger partial charge in [-0.15, -0.1) is 0 Å². The number of aliphatic imine (C=N–C) groups is 1. The Kier molecular flexibility index (Phi) is 3.59. The summed E-state index contributed by atoms with van der Waals surface area (Å²) in [5, 5.41) is 28.3. The number of thiocarbonyl (C=S) groups is 1. The first-order chi connectivity index (χ1) is 8.45. The number of hydrogen-bond donors (Lipinski definition) is 4. The summed E-state index contributed by atoms with van der Waals surface area (Å²) in [6, 6.07) is -0.698. The van der Waals surface area contributed by atoms with Crippen LogP contribution in [-0.4, -0.2) is 74.6 Å². The van der Waals surface area contributed by atoms with Crippen molar-refractivity contribution in [2.75, 3.05) is 13.2 Å². The average Bonchev–Trinajstić information content (AvgIpc) is 2.61. The number of hydrogen-bond acceptors (Lipinski definition) is 7. The van der Waals surface area contributed by atoms with Crippen molar-refractivity contribution in [3.8, 4) is 0 Å². The van der Waals surface area contributed by atoms with Crippen LogP contribution in [0, 0.1) is 0 Å². The zero-order valence-electron chi connectivity index (χ0n) is 9.26. The molecule has 2 aliphatic rings. The zero-order chi connectivity index (χ0) is 13.4. The number of rotatable bonds is 2. The maximum atomic E-state index is 11.6. The largest absolute Gasteiger partial charge is 0.394 e. The van der Waals surface area contributed by atoms with E-state index in [2.05, 4.69) is 4.99 Å². The number of carbonyl (C=O) groups excluding carboxylic acids is 1. The molecule has 0 spiro atoms. The van der Waals surface area contributed by atoms with Crippen LogP contribution in [0.1, 0.15) is 0 Å². The Bertz CT molecular complexity index is 415. The van der Waals surface area contributed by atoms with E-state index in [-0.39, 0.29) is 17.2 Å². The third-order valence-corrected chi connectivity index (χ3v) is 3.22. The van der Waals surface area contributed by atoms with Gasteiger partial charge in [0, 0.05) is 0 Å². The summed E-state index contributed by atoms with van der Waals surface area (Å²) in [5.41, 5.74) is 5.41. The second kappa shape index (κ2) is 4.86. The average molecular weight is 275 g/mol. The minimum Gasteiger partial charge on any atom is -0.394 e. The van der Waals surface area contributed by atoms with Gasteiger partial charge in [-0.05, 0) is 0 Å². The third kappa shape index (κ3) is 2.10. The number of amides is 2. The van der Waals surface area contributed by atoms with Gasteiger partial charge in [0.25, 0.3) is 0 Å². The van der Waals surface area contributed by atoms with Crippen LogP contribution in [0.15, 0.2) is 4.99 Å². The lowest BCUT2D eigenvalue weighted by Gasteiger charge is -2.31. The summed E-state index contributed by atoms with van der Waals surface area (Å²) in [5.74, 6) is -0.0296. The van der Waals surface area contributed by atoms with Crippen LogP contribution in [0.4, 0.5) is 4.79 Å². The second-order valence-electron chi connectivity index (χ2n) is 4.06. The maximum absolute atomic E-state index is 11.6. The number of nitrogens with zero attached hydrogens (tertiary/aromatic N) is 2. The monoisotopic (exact) mass is 275 g/mol. The second-order valence-corrected chi connectivity index (χ2v) is 4.55. The molecule has 1 fully saturated rings. The van der Waals surface area contributed by atoms with Gasteiger partial charge >= 0.3 is 6.03 Å². The maximum Gasteiger partial charge on any atom is 0.347 e. The Labute approximate surface area is 108 Å². The van der Waals surface area contributed by atoms with Crippen molar-refractivity contribution in [2.45, 2.75) is 24.5 Å². The normalized spacial score (nSPS) is 37.1. The molecule has 18 heavy (non-hydrogen) atoms. The Morgan fingerprint density at radius 2 is 2.17 bits per heavy atom. The molecule has 0 aromatic heterocycles. The zero-order valence-corrected chi connectivity index (χ0v) is 10.1. The van der Waals surface area contributed by atoms with Crippen molar-refractivity contribution in [3.63, 3.8) is 0 Å². The summed E-state index contributed by atoms with van der Waals surface area (Å²) in [4.78, 5) is 16.5. The fourth-order valence-corrected chi connectivity index (χ4v) is 2.05. The molecule has 2 heterocycles. The van der Waals surface area contributed by atoms with Crippen LogP contribution in [0.5, 0.6) is 0 Å². The smallest absolute Gasteiger partial charge is 0.347 e. The molecule has 5 N–H and O–H groups in total. The molecule has 9 heteroatoms. The minimum atomic E-state index is -1.33. The van der Waals surface area contributed by atoms with E-state index in [0.717, 1.165) is 4.90 Å². The van der Waals surface area contributed by atoms with E-state index in [9.17, 15) is 15.0 Å². The fraction of sp³-hybridized carbons (Fsp3) is 0.667. The highest BCUT2D eigenvalue weighted by molar-refractivity contribution is 7.82. The van der Waals surface area contributed by atoms with E-state index in [1.54, 1.807) is 0 Å². The van der Waals surface area contributed by atoms with Crippen LogP contribution in [0.25, 0.3) is 0 Å². The number of aliphatic hydroxyl groups is 3. The molecule has 0 unspecified atom stereocenters. The van der Waals surface area contributed by atoms with Gasteiger partial charge in [-0.1, -0.05) is 12.2 Å². The molecule has 0 aromatic rings. The van der Waals surface area contributed by atoms with E-state index >= 15 is 0 Å². The van der Waals surface area contributed by atoms with Gasteiger partial charge in [0.15, 0.2) is 6.23 Å². The van der Waals surface area contributed by atoms with Gasteiger partial charge in [-0.2, -0.15) is 4.99 Å². The molecule has 2 amide bonds. The molecular weight excluding hydrogens is 262 g/mol. The van der Waals surface area contributed by atoms with Gasteiger partial charge < -0.3 is 25.8 Å². The summed E-state index contributed by atoms with van der Waals surface area (Å²) >= 11 is 4.92. The topological polar surface area (TPSA) is 129 Å². The number of ether oxygens (including phenoxy) is 1. The highest BCUT2D eigenvalue weighted by Crippen LogP contribution is 2.25. The van der Waals surface area contributed by atoms with Gasteiger partial charge in [0.2, 0.25) is 0 Å². The molecular formula is C9H13N3O5S. The van der Waals surface area contributed by atoms with Crippen molar-refractivity contribution in [2.24, 2.45) is 10.7 Å². The predicted octanol–water partition coefficient (Wildman–Crippen LogP) is -2.41. The lowest BCUT2D eigenvalue weighted by atomic mass is 10.1. The van der Waals surface area contributed by atoms with E-state index in [1.807, 2.05) is 0 Å². The van der Waals surface area contributed by atoms with E-state index in [4.69, 9.17) is 27.8 Å². The van der Waals surface area contributed by atoms with Gasteiger partial charge in [-0.25, -0.2) is 4.79 Å². The Morgan fingerprint density at radius 3 is 2.72 bits per heavy atom. The van der Waals surface area contributed by atoms with Crippen LogP contribution >= 0.6 is 12.2 Å². The van der Waals surface area contributed by atoms with Crippen LogP contribution in [0.3, 0.4) is 0 Å². The van der Waals surface area contributed by atoms with Crippen molar-refractivity contribution < 1.29 is 24.9 Å². The number of urea groups is 1. The molecule has 0 bridgehead atoms. The number of carbonyl (C=O) groups is 1. The highest BCUT2D eigenvalue weighted by atomic mass is 32.1. The van der Waals surface area contributed by atoms with Gasteiger partial charge in [0.1, 0.15) is 24.1 Å². The summed E-state index contributed by atoms with van der Waals surface area (Å²) in [7, 11) is 0. The summed E-state index contributed by atoms with van der Waals surface area (Å²) in [6.07, 6.45) is -4.65.